The Morgan fingerprint density at radius 3 is 2.67 bits per heavy atom. The summed E-state index contributed by atoms with van der Waals surface area (Å²) in [6, 6.07) is 1.49. The molecule has 15 heavy (non-hydrogen) atoms. The number of nitrogens with zero attached hydrogens (tertiary/aromatic N) is 1. The maximum absolute atomic E-state index is 12.5. The fraction of sp³-hybridized carbons (Fsp3) is 0.333. The molecule has 0 spiro atoms. The molecule has 0 fully saturated rings. The Morgan fingerprint density at radius 2 is 2.20 bits per heavy atom. The maximum atomic E-state index is 12.5. The molecule has 0 radical (unpaired) electrons. The van der Waals surface area contributed by atoms with Crippen LogP contribution in [0.2, 0.25) is 0 Å². The lowest BCUT2D eigenvalue weighted by Crippen LogP contribution is -2.10. The van der Waals surface area contributed by atoms with Crippen molar-refractivity contribution in [3.8, 4) is 0 Å². The summed E-state index contributed by atoms with van der Waals surface area (Å²) < 4.78 is 29.9. The number of rotatable bonds is 2. The predicted molar refractivity (Wildman–Crippen MR) is 58.0 cm³/mol. The van der Waals surface area contributed by atoms with E-state index in [0.717, 1.165) is 0 Å². The van der Waals surface area contributed by atoms with Gasteiger partial charge in [-0.15, -0.1) is 0 Å². The van der Waals surface area contributed by atoms with E-state index in [2.05, 4.69) is 9.72 Å². The summed E-state index contributed by atoms with van der Waals surface area (Å²) in [6.45, 7) is 1.53. The van der Waals surface area contributed by atoms with E-state index in [4.69, 9.17) is 0 Å². The molecule has 6 heteroatoms. The number of carbonyl (C=O) groups is 1. The monoisotopic (exact) mass is 327 g/mol. The summed E-state index contributed by atoms with van der Waals surface area (Å²) in [5.41, 5.74) is -0.0862. The molecule has 1 aromatic rings. The lowest BCUT2D eigenvalue weighted by molar-refractivity contribution is 0.0591. The van der Waals surface area contributed by atoms with E-state index in [-0.39, 0.29) is 11.4 Å². The van der Waals surface area contributed by atoms with Crippen LogP contribution in [0.25, 0.3) is 0 Å². The molecule has 0 aliphatic heterocycles. The van der Waals surface area contributed by atoms with Crippen molar-refractivity contribution in [2.75, 3.05) is 7.11 Å². The Hall–Kier alpha value is -0.790. The largest absolute Gasteiger partial charge is 0.464 e. The van der Waals surface area contributed by atoms with Gasteiger partial charge in [0, 0.05) is 3.57 Å². The molecular weight excluding hydrogens is 319 g/mol. The van der Waals surface area contributed by atoms with Crippen LogP contribution in [0.5, 0.6) is 0 Å². The average Bonchev–Trinajstić information content (AvgIpc) is 2.16. The minimum absolute atomic E-state index is 0.0704. The highest BCUT2D eigenvalue weighted by Crippen LogP contribution is 2.23. The maximum Gasteiger partial charge on any atom is 0.357 e. The highest BCUT2D eigenvalue weighted by Gasteiger charge is 2.19. The number of aryl methyl sites for hydroxylation is 1. The van der Waals surface area contributed by atoms with Gasteiger partial charge in [0.25, 0.3) is 6.43 Å². The molecule has 82 valence electrons. The number of carbonyl (C=O) groups excluding carboxylic acids is 1. The van der Waals surface area contributed by atoms with Gasteiger partial charge in [0.15, 0.2) is 5.69 Å². The summed E-state index contributed by atoms with van der Waals surface area (Å²) >= 11 is 1.86. The number of alkyl halides is 2. The second-order valence-corrected chi connectivity index (χ2v) is 3.98. The molecule has 3 nitrogen and oxygen atoms in total. The van der Waals surface area contributed by atoms with Crippen molar-refractivity contribution in [1.82, 2.24) is 4.98 Å². The Bertz CT molecular complexity index is 396. The predicted octanol–water partition coefficient (Wildman–Crippen LogP) is 2.72. The number of aromatic nitrogens is 1. The fourth-order valence-electron chi connectivity index (χ4n) is 1.06. The Kier molecular flexibility index (Phi) is 3.95. The normalized spacial score (nSPS) is 10.5. The molecule has 0 atom stereocenters. The molecule has 0 aromatic carbocycles. The molecule has 0 saturated heterocycles. The molecule has 0 amide bonds. The third kappa shape index (κ3) is 2.61. The zero-order valence-electron chi connectivity index (χ0n) is 8.05. The number of hydrogen-bond donors (Lipinski definition) is 0. The van der Waals surface area contributed by atoms with Gasteiger partial charge in [0.1, 0.15) is 5.69 Å². The molecule has 0 aliphatic carbocycles. The molecule has 0 N–H and O–H groups in total. The van der Waals surface area contributed by atoms with Gasteiger partial charge in [-0.2, -0.15) is 0 Å². The van der Waals surface area contributed by atoms with Crippen LogP contribution in [0.4, 0.5) is 8.78 Å². The number of esters is 1. The highest BCUT2D eigenvalue weighted by atomic mass is 127. The van der Waals surface area contributed by atoms with Crippen molar-refractivity contribution < 1.29 is 18.3 Å². The van der Waals surface area contributed by atoms with E-state index in [1.165, 1.54) is 20.1 Å². The van der Waals surface area contributed by atoms with Crippen LogP contribution < -0.4 is 0 Å². The van der Waals surface area contributed by atoms with Crippen LogP contribution in [0, 0.1) is 10.5 Å². The average molecular weight is 327 g/mol. The second-order valence-electron chi connectivity index (χ2n) is 2.81. The van der Waals surface area contributed by atoms with Crippen molar-refractivity contribution in [2.45, 2.75) is 13.3 Å². The van der Waals surface area contributed by atoms with Gasteiger partial charge in [-0.05, 0) is 41.1 Å². The Balaban J connectivity index is 3.29. The number of halogens is 3. The lowest BCUT2D eigenvalue weighted by Gasteiger charge is -2.07. The van der Waals surface area contributed by atoms with Crippen molar-refractivity contribution in [2.24, 2.45) is 0 Å². The van der Waals surface area contributed by atoms with E-state index in [0.29, 0.717) is 9.13 Å². The van der Waals surface area contributed by atoms with E-state index in [9.17, 15) is 13.6 Å². The summed E-state index contributed by atoms with van der Waals surface area (Å²) in [5, 5.41) is 0. The Morgan fingerprint density at radius 1 is 1.60 bits per heavy atom. The van der Waals surface area contributed by atoms with Gasteiger partial charge in [0.05, 0.1) is 7.11 Å². The number of methoxy groups -OCH3 is 1. The standard InChI is InChI=1S/C9H8F2INO2/c1-4-3-5(12)7(9(14)15-2)13-6(4)8(10)11/h3,8H,1-2H3. The molecule has 0 saturated carbocycles. The van der Waals surface area contributed by atoms with Crippen molar-refractivity contribution in [1.29, 1.82) is 0 Å². The van der Waals surface area contributed by atoms with Gasteiger partial charge in [-0.25, -0.2) is 18.6 Å². The first-order valence-electron chi connectivity index (χ1n) is 4.01. The van der Waals surface area contributed by atoms with Gasteiger partial charge in [-0.1, -0.05) is 0 Å². The Labute approximate surface area is 99.0 Å². The summed E-state index contributed by atoms with van der Waals surface area (Å²) in [7, 11) is 1.18. The lowest BCUT2D eigenvalue weighted by atomic mass is 10.2. The molecule has 0 bridgehead atoms. The first-order valence-corrected chi connectivity index (χ1v) is 5.08. The first kappa shape index (κ1) is 12.3. The summed E-state index contributed by atoms with van der Waals surface area (Å²) in [5.74, 6) is -0.707. The van der Waals surface area contributed by atoms with E-state index >= 15 is 0 Å². The minimum Gasteiger partial charge on any atom is -0.464 e. The van der Waals surface area contributed by atoms with Crippen molar-refractivity contribution in [3.05, 3.63) is 26.6 Å². The van der Waals surface area contributed by atoms with Crippen LogP contribution in [0.1, 0.15) is 28.2 Å². The molecule has 1 rings (SSSR count). The SMILES string of the molecule is COC(=O)c1nc(C(F)F)c(C)cc1I. The zero-order valence-corrected chi connectivity index (χ0v) is 10.2. The highest BCUT2D eigenvalue weighted by molar-refractivity contribution is 14.1. The topological polar surface area (TPSA) is 39.2 Å². The smallest absolute Gasteiger partial charge is 0.357 e. The third-order valence-electron chi connectivity index (χ3n) is 1.79. The van der Waals surface area contributed by atoms with Crippen LogP contribution in [0.15, 0.2) is 6.07 Å². The van der Waals surface area contributed by atoms with Gasteiger partial charge >= 0.3 is 5.97 Å². The third-order valence-corrected chi connectivity index (χ3v) is 2.61. The van der Waals surface area contributed by atoms with E-state index in [1.54, 1.807) is 0 Å². The van der Waals surface area contributed by atoms with Crippen LogP contribution in [-0.4, -0.2) is 18.1 Å². The summed E-state index contributed by atoms with van der Waals surface area (Å²) in [4.78, 5) is 14.8. The molecule has 1 aromatic heterocycles. The van der Waals surface area contributed by atoms with Crippen molar-refractivity contribution in [3.63, 3.8) is 0 Å². The second kappa shape index (κ2) is 4.82. The van der Waals surface area contributed by atoms with Gasteiger partial charge < -0.3 is 4.74 Å². The molecule has 1 heterocycles. The number of ether oxygens (including phenoxy) is 1. The molecule has 0 aliphatic rings. The molecule has 0 unspecified atom stereocenters. The van der Waals surface area contributed by atoms with Crippen LogP contribution in [0.3, 0.4) is 0 Å². The quantitative estimate of drug-likeness (QED) is 0.619. The minimum atomic E-state index is -2.69. The zero-order chi connectivity index (χ0) is 11.6. The van der Waals surface area contributed by atoms with E-state index < -0.39 is 12.4 Å². The van der Waals surface area contributed by atoms with Crippen LogP contribution in [-0.2, 0) is 4.74 Å². The number of pyridine rings is 1. The fourth-order valence-corrected chi connectivity index (χ4v) is 1.86. The van der Waals surface area contributed by atoms with Crippen molar-refractivity contribution >= 4 is 28.6 Å². The van der Waals surface area contributed by atoms with Crippen LogP contribution >= 0.6 is 22.6 Å². The number of hydrogen-bond acceptors (Lipinski definition) is 3. The van der Waals surface area contributed by atoms with E-state index in [1.807, 2.05) is 22.6 Å². The van der Waals surface area contributed by atoms with Gasteiger partial charge in [-0.3, -0.25) is 0 Å². The van der Waals surface area contributed by atoms with Gasteiger partial charge in [0.2, 0.25) is 0 Å². The molecular formula is C9H8F2INO2. The first-order chi connectivity index (χ1) is 6.97. The summed E-state index contributed by atoms with van der Waals surface area (Å²) in [6.07, 6.45) is -2.69.